The summed E-state index contributed by atoms with van der Waals surface area (Å²) in [6.07, 6.45) is 5.33. The van der Waals surface area contributed by atoms with Gasteiger partial charge >= 0.3 is 0 Å². The van der Waals surface area contributed by atoms with E-state index >= 15 is 0 Å². The predicted molar refractivity (Wildman–Crippen MR) is 64.2 cm³/mol. The molecule has 1 unspecified atom stereocenters. The number of hydrogen-bond acceptors (Lipinski definition) is 6. The molecule has 0 spiro atoms. The molecule has 2 aromatic heterocycles. The molecule has 0 amide bonds. The number of ketones is 1. The summed E-state index contributed by atoms with van der Waals surface area (Å²) >= 11 is 0. The van der Waals surface area contributed by atoms with Crippen LogP contribution in [0.5, 0.6) is 0 Å². The summed E-state index contributed by atoms with van der Waals surface area (Å²) < 4.78 is 1.66. The lowest BCUT2D eigenvalue weighted by Crippen LogP contribution is -2.39. The molecule has 1 aliphatic heterocycles. The highest BCUT2D eigenvalue weighted by molar-refractivity contribution is 5.79. The van der Waals surface area contributed by atoms with E-state index in [1.807, 2.05) is 0 Å². The van der Waals surface area contributed by atoms with Gasteiger partial charge in [0.25, 0.3) is 0 Å². The number of anilines is 1. The number of hydrogen-bond donors (Lipinski definition) is 0. The van der Waals surface area contributed by atoms with Gasteiger partial charge in [-0.2, -0.15) is 4.52 Å². The minimum Gasteiger partial charge on any atom is -0.354 e. The van der Waals surface area contributed by atoms with Gasteiger partial charge in [-0.1, -0.05) is 0 Å². The van der Waals surface area contributed by atoms with Crippen LogP contribution in [0.4, 0.5) is 5.82 Å². The van der Waals surface area contributed by atoms with Gasteiger partial charge in [0.2, 0.25) is 0 Å². The summed E-state index contributed by atoms with van der Waals surface area (Å²) in [5, 5.41) is 11.5. The van der Waals surface area contributed by atoms with Gasteiger partial charge in [-0.25, -0.2) is 0 Å². The maximum Gasteiger partial charge on any atom is 0.199 e. The van der Waals surface area contributed by atoms with Gasteiger partial charge in [-0.05, 0) is 30.2 Å². The van der Waals surface area contributed by atoms with Gasteiger partial charge in [-0.15, -0.1) is 5.10 Å². The SMILES string of the molecule is CC(=O)C1CCCN(c2cncc3nnnn23)C1. The summed E-state index contributed by atoms with van der Waals surface area (Å²) in [5.74, 6) is 1.20. The second-order valence-corrected chi connectivity index (χ2v) is 4.61. The summed E-state index contributed by atoms with van der Waals surface area (Å²) in [6, 6.07) is 0. The Hall–Kier alpha value is -2.05. The van der Waals surface area contributed by atoms with Crippen molar-refractivity contribution in [2.24, 2.45) is 5.92 Å². The van der Waals surface area contributed by atoms with Crippen LogP contribution in [-0.2, 0) is 4.79 Å². The van der Waals surface area contributed by atoms with Gasteiger partial charge in [0.05, 0.1) is 12.4 Å². The standard InChI is InChI=1S/C11H14N6O/c1-8(18)9-3-2-4-16(7-9)11-6-12-5-10-13-14-15-17(10)11/h5-6,9H,2-4,7H2,1H3. The fourth-order valence-corrected chi connectivity index (χ4v) is 2.40. The van der Waals surface area contributed by atoms with Gasteiger partial charge in [-0.3, -0.25) is 9.78 Å². The Morgan fingerprint density at radius 2 is 2.33 bits per heavy atom. The van der Waals surface area contributed by atoms with Crippen molar-refractivity contribution in [2.45, 2.75) is 19.8 Å². The van der Waals surface area contributed by atoms with Crippen LogP contribution < -0.4 is 4.90 Å². The molecule has 0 aliphatic carbocycles. The van der Waals surface area contributed by atoms with Crippen LogP contribution in [0.1, 0.15) is 19.8 Å². The Bertz CT molecular complexity index is 580. The zero-order chi connectivity index (χ0) is 12.5. The number of fused-ring (bicyclic) bond motifs is 1. The fourth-order valence-electron chi connectivity index (χ4n) is 2.40. The first kappa shape index (κ1) is 11.1. The monoisotopic (exact) mass is 246 g/mol. The zero-order valence-electron chi connectivity index (χ0n) is 10.2. The third kappa shape index (κ3) is 1.81. The molecule has 7 heteroatoms. The molecule has 1 aliphatic rings. The Morgan fingerprint density at radius 3 is 3.17 bits per heavy atom. The quantitative estimate of drug-likeness (QED) is 0.759. The van der Waals surface area contributed by atoms with Crippen LogP contribution in [0.25, 0.3) is 5.65 Å². The van der Waals surface area contributed by atoms with Crippen molar-refractivity contribution in [1.29, 1.82) is 0 Å². The Balaban J connectivity index is 1.94. The van der Waals surface area contributed by atoms with Crippen molar-refractivity contribution in [3.05, 3.63) is 12.4 Å². The van der Waals surface area contributed by atoms with Crippen LogP contribution in [0.3, 0.4) is 0 Å². The first-order chi connectivity index (χ1) is 8.75. The summed E-state index contributed by atoms with van der Waals surface area (Å²) in [6.45, 7) is 3.28. The van der Waals surface area contributed by atoms with E-state index in [4.69, 9.17) is 0 Å². The minimum absolute atomic E-state index is 0.102. The summed E-state index contributed by atoms with van der Waals surface area (Å²) in [7, 11) is 0. The number of piperidine rings is 1. The minimum atomic E-state index is 0.102. The lowest BCUT2D eigenvalue weighted by Gasteiger charge is -2.32. The van der Waals surface area contributed by atoms with Crippen LogP contribution in [-0.4, -0.2) is 43.9 Å². The number of nitrogens with zero attached hydrogens (tertiary/aromatic N) is 6. The Labute approximate surface area is 104 Å². The topological polar surface area (TPSA) is 76.3 Å². The molecule has 3 rings (SSSR count). The highest BCUT2D eigenvalue weighted by Gasteiger charge is 2.25. The van der Waals surface area contributed by atoms with Crippen molar-refractivity contribution in [3.63, 3.8) is 0 Å². The molecular formula is C11H14N6O. The van der Waals surface area contributed by atoms with E-state index in [0.29, 0.717) is 5.65 Å². The maximum atomic E-state index is 11.5. The first-order valence-corrected chi connectivity index (χ1v) is 6.03. The van der Waals surface area contributed by atoms with Crippen LogP contribution in [0, 0.1) is 5.92 Å². The molecule has 0 saturated carbocycles. The lowest BCUT2D eigenvalue weighted by molar-refractivity contribution is -0.120. The molecule has 2 aromatic rings. The van der Waals surface area contributed by atoms with Gasteiger partial charge in [0.1, 0.15) is 5.78 Å². The average molecular weight is 246 g/mol. The first-order valence-electron chi connectivity index (χ1n) is 6.03. The predicted octanol–water partition coefficient (Wildman–Crippen LogP) is 0.325. The largest absolute Gasteiger partial charge is 0.354 e. The zero-order valence-corrected chi connectivity index (χ0v) is 10.2. The van der Waals surface area contributed by atoms with E-state index in [-0.39, 0.29) is 11.7 Å². The lowest BCUT2D eigenvalue weighted by atomic mass is 9.95. The smallest absolute Gasteiger partial charge is 0.199 e. The highest BCUT2D eigenvalue weighted by Crippen LogP contribution is 2.22. The molecule has 18 heavy (non-hydrogen) atoms. The summed E-state index contributed by atoms with van der Waals surface area (Å²) in [5.41, 5.74) is 0.623. The highest BCUT2D eigenvalue weighted by atomic mass is 16.1. The van der Waals surface area contributed by atoms with E-state index in [9.17, 15) is 4.79 Å². The van der Waals surface area contributed by atoms with Gasteiger partial charge in [0, 0.05) is 19.0 Å². The normalized spacial score (nSPS) is 20.3. The van der Waals surface area contributed by atoms with Crippen LogP contribution in [0.2, 0.25) is 0 Å². The van der Waals surface area contributed by atoms with Crippen LogP contribution in [0.15, 0.2) is 12.4 Å². The van der Waals surface area contributed by atoms with Crippen molar-refractivity contribution in [2.75, 3.05) is 18.0 Å². The van der Waals surface area contributed by atoms with E-state index in [1.165, 1.54) is 0 Å². The Morgan fingerprint density at radius 1 is 1.44 bits per heavy atom. The number of carbonyl (C=O) groups is 1. The molecule has 0 radical (unpaired) electrons. The van der Waals surface area contributed by atoms with Crippen LogP contribution >= 0.6 is 0 Å². The second kappa shape index (κ2) is 4.32. The second-order valence-electron chi connectivity index (χ2n) is 4.61. The molecule has 1 saturated heterocycles. The molecule has 3 heterocycles. The number of aromatic nitrogens is 5. The Kier molecular flexibility index (Phi) is 2.66. The number of tetrazole rings is 1. The van der Waals surface area contributed by atoms with Crippen molar-refractivity contribution < 1.29 is 4.79 Å². The van der Waals surface area contributed by atoms with E-state index in [0.717, 1.165) is 31.7 Å². The molecule has 0 aromatic carbocycles. The van der Waals surface area contributed by atoms with E-state index in [2.05, 4.69) is 25.4 Å². The fraction of sp³-hybridized carbons (Fsp3) is 0.545. The van der Waals surface area contributed by atoms with Gasteiger partial charge in [0.15, 0.2) is 11.5 Å². The maximum absolute atomic E-state index is 11.5. The molecule has 1 fully saturated rings. The number of carbonyl (C=O) groups excluding carboxylic acids is 1. The van der Waals surface area contributed by atoms with Gasteiger partial charge < -0.3 is 4.90 Å². The number of rotatable bonds is 2. The molecular weight excluding hydrogens is 232 g/mol. The van der Waals surface area contributed by atoms with E-state index < -0.39 is 0 Å². The van der Waals surface area contributed by atoms with Crippen molar-refractivity contribution in [1.82, 2.24) is 25.0 Å². The molecule has 0 N–H and O–H groups in total. The molecule has 94 valence electrons. The third-order valence-electron chi connectivity index (χ3n) is 3.41. The summed E-state index contributed by atoms with van der Waals surface area (Å²) in [4.78, 5) is 17.8. The van der Waals surface area contributed by atoms with Crippen molar-refractivity contribution >= 4 is 17.2 Å². The molecule has 0 bridgehead atoms. The average Bonchev–Trinajstić information content (AvgIpc) is 2.87. The van der Waals surface area contributed by atoms with E-state index in [1.54, 1.807) is 23.8 Å². The molecule has 7 nitrogen and oxygen atoms in total. The van der Waals surface area contributed by atoms with Crippen molar-refractivity contribution in [3.8, 4) is 0 Å². The molecule has 1 atom stereocenters. The third-order valence-corrected chi connectivity index (χ3v) is 3.41. The number of Topliss-reactive ketones (excluding diaryl/α,β-unsaturated/α-hetero) is 1.